The van der Waals surface area contributed by atoms with Gasteiger partial charge in [0.05, 0.1) is 18.7 Å². The third kappa shape index (κ3) is 4.83. The van der Waals surface area contributed by atoms with Crippen LogP contribution in [0.3, 0.4) is 0 Å². The van der Waals surface area contributed by atoms with E-state index in [1.54, 1.807) is 0 Å². The molecule has 2 saturated heterocycles. The third-order valence-electron chi connectivity index (χ3n) is 8.12. The van der Waals surface area contributed by atoms with Gasteiger partial charge in [-0.05, 0) is 22.3 Å². The van der Waals surface area contributed by atoms with Gasteiger partial charge in [-0.15, -0.1) is 0 Å². The van der Waals surface area contributed by atoms with Crippen molar-refractivity contribution in [3.05, 3.63) is 93.3 Å². The normalized spacial score (nSPS) is 24.3. The highest BCUT2D eigenvalue weighted by atomic mass is 28.4. The van der Waals surface area contributed by atoms with E-state index in [0.29, 0.717) is 4.90 Å². The van der Waals surface area contributed by atoms with Crippen molar-refractivity contribution in [2.45, 2.75) is 69.4 Å². The standard InChI is InChI=1S/C29H32F3N3O6Si/c1-17-15-34(27(39)33-24(17)37)25-22(36)21-23(41-25)20(35(21)26(38)29(30,31)32)16-40-42(28(2,3)4,18-11-7-5-8-12-18)19-13-9-6-10-14-19/h5-15,20-23,25,36H,16H2,1-4H3,(H,33,37,39). The van der Waals surface area contributed by atoms with Crippen molar-refractivity contribution in [3.63, 3.8) is 0 Å². The number of nitrogens with one attached hydrogen (secondary N) is 1. The minimum atomic E-state index is -5.22. The van der Waals surface area contributed by atoms with Crippen LogP contribution in [-0.4, -0.2) is 70.9 Å². The van der Waals surface area contributed by atoms with E-state index in [4.69, 9.17) is 9.16 Å². The summed E-state index contributed by atoms with van der Waals surface area (Å²) in [5.74, 6) is -2.13. The first kappa shape index (κ1) is 30.0. The molecule has 0 aliphatic carbocycles. The van der Waals surface area contributed by atoms with E-state index in [9.17, 15) is 32.7 Å². The zero-order chi connectivity index (χ0) is 30.6. The number of nitrogens with zero attached hydrogens (tertiary/aromatic N) is 2. The first-order valence-electron chi connectivity index (χ1n) is 13.5. The number of aromatic amines is 1. The van der Waals surface area contributed by atoms with Gasteiger partial charge in [-0.25, -0.2) is 4.79 Å². The van der Waals surface area contributed by atoms with Gasteiger partial charge in [0.2, 0.25) is 0 Å². The molecular formula is C29H32F3N3O6Si. The molecule has 0 spiro atoms. The number of H-pyrrole nitrogens is 1. The Kier molecular flexibility index (Phi) is 7.58. The molecule has 42 heavy (non-hydrogen) atoms. The number of alkyl halides is 3. The van der Waals surface area contributed by atoms with E-state index in [1.165, 1.54) is 13.1 Å². The Morgan fingerprint density at radius 3 is 2.07 bits per heavy atom. The maximum Gasteiger partial charge on any atom is 0.471 e. The van der Waals surface area contributed by atoms with Crippen LogP contribution in [0.5, 0.6) is 0 Å². The van der Waals surface area contributed by atoms with Crippen LogP contribution >= 0.6 is 0 Å². The van der Waals surface area contributed by atoms with Gasteiger partial charge in [0.1, 0.15) is 12.2 Å². The number of halogens is 3. The molecule has 9 nitrogen and oxygen atoms in total. The van der Waals surface area contributed by atoms with Crippen LogP contribution in [0.1, 0.15) is 32.6 Å². The van der Waals surface area contributed by atoms with E-state index in [2.05, 4.69) is 4.98 Å². The molecule has 5 atom stereocenters. The number of hydrogen-bond donors (Lipinski definition) is 2. The molecule has 13 heteroatoms. The molecule has 2 fully saturated rings. The van der Waals surface area contributed by atoms with Crippen LogP contribution in [0, 0.1) is 6.92 Å². The lowest BCUT2D eigenvalue weighted by molar-refractivity contribution is -0.213. The number of amides is 1. The average Bonchev–Trinajstić information content (AvgIpc) is 3.20. The van der Waals surface area contributed by atoms with Crippen molar-refractivity contribution >= 4 is 24.6 Å². The summed E-state index contributed by atoms with van der Waals surface area (Å²) >= 11 is 0. The number of ether oxygens (including phenoxy) is 1. The second kappa shape index (κ2) is 10.6. The number of aromatic nitrogens is 2. The molecular weight excluding hydrogens is 571 g/mol. The first-order valence-corrected chi connectivity index (χ1v) is 15.4. The van der Waals surface area contributed by atoms with Crippen LogP contribution in [0.2, 0.25) is 5.04 Å². The fraction of sp³-hybridized carbons (Fsp3) is 0.414. The summed E-state index contributed by atoms with van der Waals surface area (Å²) < 4.78 is 55.1. The van der Waals surface area contributed by atoms with Gasteiger partial charge in [0.25, 0.3) is 13.9 Å². The predicted octanol–water partition coefficient (Wildman–Crippen LogP) is 1.82. The Hall–Kier alpha value is -3.52. The van der Waals surface area contributed by atoms with Gasteiger partial charge < -0.3 is 19.2 Å². The lowest BCUT2D eigenvalue weighted by atomic mass is 9.87. The maximum absolute atomic E-state index is 13.8. The Balaban J connectivity index is 1.55. The Labute approximate surface area is 240 Å². The predicted molar refractivity (Wildman–Crippen MR) is 150 cm³/mol. The molecule has 1 aromatic heterocycles. The Morgan fingerprint density at radius 1 is 1.02 bits per heavy atom. The van der Waals surface area contributed by atoms with Crippen LogP contribution in [0.25, 0.3) is 0 Å². The first-order chi connectivity index (χ1) is 19.7. The van der Waals surface area contributed by atoms with Gasteiger partial charge in [-0.1, -0.05) is 81.4 Å². The number of aryl methyl sites for hydroxylation is 1. The molecule has 2 aliphatic rings. The van der Waals surface area contributed by atoms with Gasteiger partial charge in [0.15, 0.2) is 6.23 Å². The fourth-order valence-corrected chi connectivity index (χ4v) is 10.8. The van der Waals surface area contributed by atoms with Crippen molar-refractivity contribution in [3.8, 4) is 0 Å². The Morgan fingerprint density at radius 2 is 1.57 bits per heavy atom. The monoisotopic (exact) mass is 603 g/mol. The molecule has 2 N–H and O–H groups in total. The molecule has 224 valence electrons. The second-order valence-electron chi connectivity index (χ2n) is 11.7. The molecule has 1 amide bonds. The quantitative estimate of drug-likeness (QED) is 0.416. The highest BCUT2D eigenvalue weighted by molar-refractivity contribution is 6.99. The van der Waals surface area contributed by atoms with E-state index in [1.807, 2.05) is 81.4 Å². The minimum absolute atomic E-state index is 0.138. The molecule has 0 saturated carbocycles. The van der Waals surface area contributed by atoms with Crippen LogP contribution < -0.4 is 21.6 Å². The molecule has 0 bridgehead atoms. The molecule has 5 unspecified atom stereocenters. The van der Waals surface area contributed by atoms with Gasteiger partial charge in [0, 0.05) is 11.8 Å². The van der Waals surface area contributed by atoms with Crippen molar-refractivity contribution in [2.75, 3.05) is 6.61 Å². The number of benzene rings is 2. The van der Waals surface area contributed by atoms with Gasteiger partial charge >= 0.3 is 17.8 Å². The molecule has 2 aliphatic heterocycles. The fourth-order valence-electron chi connectivity index (χ4n) is 6.19. The van der Waals surface area contributed by atoms with Crippen molar-refractivity contribution in [1.82, 2.24) is 14.5 Å². The minimum Gasteiger partial charge on any atom is -0.405 e. The summed E-state index contributed by atoms with van der Waals surface area (Å²) in [4.78, 5) is 39.8. The highest BCUT2D eigenvalue weighted by Crippen LogP contribution is 2.46. The zero-order valence-corrected chi connectivity index (χ0v) is 24.5. The van der Waals surface area contributed by atoms with Crippen molar-refractivity contribution < 1.29 is 32.2 Å². The number of aliphatic hydroxyl groups is 1. The number of fused-ring (bicyclic) bond motifs is 1. The van der Waals surface area contributed by atoms with Crippen LogP contribution in [0.4, 0.5) is 13.2 Å². The SMILES string of the molecule is Cc1cn(C2OC3C(CO[Si](c4ccccc4)(c4ccccc4)C(C)(C)C)N(C(=O)C(F)(F)F)C3C2O)c(=O)[nH]c1=O. The summed E-state index contributed by atoms with van der Waals surface area (Å²) in [6.45, 7) is 7.16. The van der Waals surface area contributed by atoms with Crippen LogP contribution in [0.15, 0.2) is 76.4 Å². The molecule has 2 aromatic carbocycles. The number of aliphatic hydroxyl groups excluding tert-OH is 1. The average molecular weight is 604 g/mol. The molecule has 0 radical (unpaired) electrons. The van der Waals surface area contributed by atoms with Crippen LogP contribution in [-0.2, 0) is 14.0 Å². The van der Waals surface area contributed by atoms with Gasteiger partial charge in [-0.3, -0.25) is 19.1 Å². The summed E-state index contributed by atoms with van der Waals surface area (Å²) in [5.41, 5.74) is -1.40. The topological polar surface area (TPSA) is 114 Å². The molecule has 3 heterocycles. The number of carbonyl (C=O) groups excluding carboxylic acids is 1. The Bertz CT molecular complexity index is 1530. The largest absolute Gasteiger partial charge is 0.471 e. The second-order valence-corrected chi connectivity index (χ2v) is 16.0. The smallest absolute Gasteiger partial charge is 0.405 e. The molecule has 5 rings (SSSR count). The summed E-state index contributed by atoms with van der Waals surface area (Å²) in [7, 11) is -3.20. The molecule has 3 aromatic rings. The van der Waals surface area contributed by atoms with Crippen molar-refractivity contribution in [2.24, 2.45) is 0 Å². The summed E-state index contributed by atoms with van der Waals surface area (Å²) in [6.07, 6.45) is -8.21. The summed E-state index contributed by atoms with van der Waals surface area (Å²) in [5, 5.41) is 12.4. The number of likely N-dealkylation sites (tertiary alicyclic amines) is 1. The number of hydrogen-bond acceptors (Lipinski definition) is 6. The van der Waals surface area contributed by atoms with E-state index < -0.39 is 67.2 Å². The number of rotatable bonds is 6. The zero-order valence-electron chi connectivity index (χ0n) is 23.5. The van der Waals surface area contributed by atoms with E-state index >= 15 is 0 Å². The van der Waals surface area contributed by atoms with Gasteiger partial charge in [-0.2, -0.15) is 13.2 Å². The lowest BCUT2D eigenvalue weighted by Gasteiger charge is -2.53. The van der Waals surface area contributed by atoms with Crippen molar-refractivity contribution in [1.29, 1.82) is 0 Å². The third-order valence-corrected chi connectivity index (χ3v) is 13.1. The maximum atomic E-state index is 13.8. The van der Waals surface area contributed by atoms with E-state index in [-0.39, 0.29) is 12.2 Å². The number of carbonyl (C=O) groups is 1. The van der Waals surface area contributed by atoms with E-state index in [0.717, 1.165) is 14.9 Å². The lowest BCUT2D eigenvalue weighted by Crippen LogP contribution is -2.75. The highest BCUT2D eigenvalue weighted by Gasteiger charge is 2.66. The summed E-state index contributed by atoms with van der Waals surface area (Å²) in [6, 6.07) is 16.4.